The molecule has 0 aromatic carbocycles. The van der Waals surface area contributed by atoms with Crippen molar-refractivity contribution >= 4 is 0 Å². The number of morpholine rings is 2. The number of nitrogens with zero attached hydrogens (tertiary/aromatic N) is 2. The molecule has 2 unspecified atom stereocenters. The van der Waals surface area contributed by atoms with E-state index < -0.39 is 0 Å². The van der Waals surface area contributed by atoms with E-state index in [0.29, 0.717) is 12.2 Å². The predicted molar refractivity (Wildman–Crippen MR) is 72.9 cm³/mol. The molecule has 2 fully saturated rings. The highest BCUT2D eigenvalue weighted by Crippen LogP contribution is 2.15. The van der Waals surface area contributed by atoms with E-state index in [9.17, 15) is 0 Å². The fraction of sp³-hybridized carbons (Fsp3) is 1.00. The molecule has 0 N–H and O–H groups in total. The summed E-state index contributed by atoms with van der Waals surface area (Å²) in [6.45, 7) is 12.9. The van der Waals surface area contributed by atoms with Crippen LogP contribution in [-0.4, -0.2) is 74.5 Å². The minimum atomic E-state index is 0.416. The summed E-state index contributed by atoms with van der Waals surface area (Å²) < 4.78 is 11.7. The lowest BCUT2D eigenvalue weighted by Gasteiger charge is -2.35. The maximum atomic E-state index is 5.84. The Labute approximate surface area is 111 Å². The molecule has 4 heteroatoms. The van der Waals surface area contributed by atoms with Crippen LogP contribution in [-0.2, 0) is 9.47 Å². The number of hydrogen-bond donors (Lipinski definition) is 0. The minimum Gasteiger partial charge on any atom is -0.376 e. The van der Waals surface area contributed by atoms with Gasteiger partial charge in [-0.2, -0.15) is 0 Å². The third kappa shape index (κ3) is 4.19. The molecular formula is C14H28N2O2. The van der Waals surface area contributed by atoms with Crippen LogP contribution >= 0.6 is 0 Å². The SMILES string of the molecule is CCN1CCOC(CCC2CN(CC)CCO2)C1. The van der Waals surface area contributed by atoms with Crippen molar-refractivity contribution in [2.45, 2.75) is 38.9 Å². The molecule has 0 radical (unpaired) electrons. The highest BCUT2D eigenvalue weighted by atomic mass is 16.5. The van der Waals surface area contributed by atoms with Gasteiger partial charge in [-0.3, -0.25) is 9.80 Å². The van der Waals surface area contributed by atoms with Gasteiger partial charge in [-0.25, -0.2) is 0 Å². The molecule has 0 bridgehead atoms. The summed E-state index contributed by atoms with van der Waals surface area (Å²) in [5.41, 5.74) is 0. The van der Waals surface area contributed by atoms with Gasteiger partial charge in [0.25, 0.3) is 0 Å². The van der Waals surface area contributed by atoms with Gasteiger partial charge in [0.15, 0.2) is 0 Å². The molecule has 0 aromatic heterocycles. The van der Waals surface area contributed by atoms with Gasteiger partial charge in [-0.15, -0.1) is 0 Å². The zero-order valence-electron chi connectivity index (χ0n) is 11.9. The molecule has 4 nitrogen and oxygen atoms in total. The van der Waals surface area contributed by atoms with Crippen molar-refractivity contribution in [2.75, 3.05) is 52.5 Å². The average molecular weight is 256 g/mol. The lowest BCUT2D eigenvalue weighted by Crippen LogP contribution is -2.44. The lowest BCUT2D eigenvalue weighted by molar-refractivity contribution is -0.0584. The zero-order valence-corrected chi connectivity index (χ0v) is 11.9. The Morgan fingerprint density at radius 3 is 1.67 bits per heavy atom. The summed E-state index contributed by atoms with van der Waals surface area (Å²) >= 11 is 0. The molecular weight excluding hydrogens is 228 g/mol. The van der Waals surface area contributed by atoms with E-state index in [1.165, 1.54) is 0 Å². The highest BCUT2D eigenvalue weighted by molar-refractivity contribution is 4.75. The second-order valence-corrected chi connectivity index (χ2v) is 5.35. The molecule has 2 atom stereocenters. The first-order chi connectivity index (χ1) is 8.81. The molecule has 0 aromatic rings. The van der Waals surface area contributed by atoms with Crippen LogP contribution in [0.25, 0.3) is 0 Å². The van der Waals surface area contributed by atoms with Crippen molar-refractivity contribution in [3.05, 3.63) is 0 Å². The minimum absolute atomic E-state index is 0.416. The Morgan fingerprint density at radius 2 is 1.28 bits per heavy atom. The molecule has 2 saturated heterocycles. The second-order valence-electron chi connectivity index (χ2n) is 5.35. The van der Waals surface area contributed by atoms with E-state index in [1.54, 1.807) is 0 Å². The quantitative estimate of drug-likeness (QED) is 0.738. The first-order valence-corrected chi connectivity index (χ1v) is 7.49. The van der Waals surface area contributed by atoms with Crippen LogP contribution in [0.4, 0.5) is 0 Å². The van der Waals surface area contributed by atoms with Gasteiger partial charge in [0.05, 0.1) is 25.4 Å². The van der Waals surface area contributed by atoms with Crippen LogP contribution < -0.4 is 0 Å². The predicted octanol–water partition coefficient (Wildman–Crippen LogP) is 1.21. The molecule has 0 spiro atoms. The number of hydrogen-bond acceptors (Lipinski definition) is 4. The zero-order chi connectivity index (χ0) is 12.8. The molecule has 0 saturated carbocycles. The van der Waals surface area contributed by atoms with Crippen LogP contribution in [0.5, 0.6) is 0 Å². The maximum Gasteiger partial charge on any atom is 0.0703 e. The summed E-state index contributed by atoms with van der Waals surface area (Å²) in [5, 5.41) is 0. The molecule has 2 aliphatic heterocycles. The van der Waals surface area contributed by atoms with Crippen molar-refractivity contribution < 1.29 is 9.47 Å². The standard InChI is InChI=1S/C14H28N2O2/c1-3-15-7-9-17-13(11-15)5-6-14-12-16(4-2)8-10-18-14/h13-14H,3-12H2,1-2H3. The molecule has 2 aliphatic rings. The van der Waals surface area contributed by atoms with E-state index >= 15 is 0 Å². The summed E-state index contributed by atoms with van der Waals surface area (Å²) in [6.07, 6.45) is 3.11. The fourth-order valence-electron chi connectivity index (χ4n) is 2.86. The number of rotatable bonds is 5. The van der Waals surface area contributed by atoms with Crippen molar-refractivity contribution in [1.29, 1.82) is 0 Å². The molecule has 106 valence electrons. The van der Waals surface area contributed by atoms with E-state index in [1.807, 2.05) is 0 Å². The van der Waals surface area contributed by atoms with E-state index in [-0.39, 0.29) is 0 Å². The Kier molecular flexibility index (Phi) is 5.89. The molecule has 2 heterocycles. The lowest BCUT2D eigenvalue weighted by atomic mass is 10.1. The van der Waals surface area contributed by atoms with Crippen molar-refractivity contribution in [3.63, 3.8) is 0 Å². The Hall–Kier alpha value is -0.160. The van der Waals surface area contributed by atoms with Crippen LogP contribution in [0.3, 0.4) is 0 Å². The normalized spacial score (nSPS) is 31.7. The number of ether oxygens (including phenoxy) is 2. The van der Waals surface area contributed by atoms with Crippen molar-refractivity contribution in [3.8, 4) is 0 Å². The largest absolute Gasteiger partial charge is 0.376 e. The topological polar surface area (TPSA) is 24.9 Å². The first kappa shape index (κ1) is 14.3. The number of likely N-dealkylation sites (N-methyl/N-ethyl adjacent to an activating group) is 2. The summed E-state index contributed by atoms with van der Waals surface area (Å²) in [4.78, 5) is 4.96. The highest BCUT2D eigenvalue weighted by Gasteiger charge is 2.23. The van der Waals surface area contributed by atoms with Gasteiger partial charge in [0.2, 0.25) is 0 Å². The smallest absolute Gasteiger partial charge is 0.0703 e. The van der Waals surface area contributed by atoms with E-state index in [2.05, 4.69) is 23.6 Å². The third-order valence-electron chi connectivity index (χ3n) is 4.15. The Morgan fingerprint density at radius 1 is 0.833 bits per heavy atom. The summed E-state index contributed by atoms with van der Waals surface area (Å²) in [6, 6.07) is 0. The van der Waals surface area contributed by atoms with Gasteiger partial charge in [0.1, 0.15) is 0 Å². The van der Waals surface area contributed by atoms with Gasteiger partial charge in [-0.05, 0) is 25.9 Å². The summed E-state index contributed by atoms with van der Waals surface area (Å²) in [7, 11) is 0. The van der Waals surface area contributed by atoms with Crippen molar-refractivity contribution in [2.24, 2.45) is 0 Å². The average Bonchev–Trinajstić information content (AvgIpc) is 2.45. The fourth-order valence-corrected chi connectivity index (χ4v) is 2.86. The maximum absolute atomic E-state index is 5.84. The first-order valence-electron chi connectivity index (χ1n) is 7.49. The van der Waals surface area contributed by atoms with Crippen LogP contribution in [0.2, 0.25) is 0 Å². The van der Waals surface area contributed by atoms with Gasteiger partial charge in [-0.1, -0.05) is 13.8 Å². The third-order valence-corrected chi connectivity index (χ3v) is 4.15. The van der Waals surface area contributed by atoms with E-state index in [0.717, 1.165) is 65.3 Å². The Balaban J connectivity index is 1.67. The molecule has 0 amide bonds. The molecule has 18 heavy (non-hydrogen) atoms. The van der Waals surface area contributed by atoms with Gasteiger partial charge >= 0.3 is 0 Å². The van der Waals surface area contributed by atoms with Crippen LogP contribution in [0.1, 0.15) is 26.7 Å². The monoisotopic (exact) mass is 256 g/mol. The van der Waals surface area contributed by atoms with Crippen LogP contribution in [0.15, 0.2) is 0 Å². The van der Waals surface area contributed by atoms with E-state index in [4.69, 9.17) is 9.47 Å². The van der Waals surface area contributed by atoms with Crippen LogP contribution in [0, 0.1) is 0 Å². The van der Waals surface area contributed by atoms with Gasteiger partial charge < -0.3 is 9.47 Å². The molecule has 2 rings (SSSR count). The Bertz CT molecular complexity index is 214. The van der Waals surface area contributed by atoms with Gasteiger partial charge in [0, 0.05) is 26.2 Å². The molecule has 0 aliphatic carbocycles. The van der Waals surface area contributed by atoms with Crippen molar-refractivity contribution in [1.82, 2.24) is 9.80 Å². The second kappa shape index (κ2) is 7.43. The summed E-state index contributed by atoms with van der Waals surface area (Å²) in [5.74, 6) is 0.